The SMILES string of the molecule is O=C(NCCC(=O)N1CCC(C(=O)N2CCOCC2)CC1)c1ccc2ccccc2c1. The van der Waals surface area contributed by atoms with Crippen molar-refractivity contribution in [3.63, 3.8) is 0 Å². The Morgan fingerprint density at radius 3 is 2.35 bits per heavy atom. The van der Waals surface area contributed by atoms with Crippen molar-refractivity contribution in [1.29, 1.82) is 0 Å². The van der Waals surface area contributed by atoms with Gasteiger partial charge in [0.05, 0.1) is 13.2 Å². The molecule has 0 radical (unpaired) electrons. The van der Waals surface area contributed by atoms with Crippen LogP contribution >= 0.6 is 0 Å². The van der Waals surface area contributed by atoms with Crippen LogP contribution in [0.5, 0.6) is 0 Å². The minimum absolute atomic E-state index is 0.00486. The van der Waals surface area contributed by atoms with Crippen LogP contribution in [0.15, 0.2) is 42.5 Å². The van der Waals surface area contributed by atoms with Gasteiger partial charge in [0.15, 0.2) is 0 Å². The van der Waals surface area contributed by atoms with E-state index in [4.69, 9.17) is 4.74 Å². The second-order valence-electron chi connectivity index (χ2n) is 8.16. The Balaban J connectivity index is 1.20. The maximum absolute atomic E-state index is 12.6. The van der Waals surface area contributed by atoms with Gasteiger partial charge in [-0.1, -0.05) is 30.3 Å². The fourth-order valence-electron chi connectivity index (χ4n) is 4.29. The number of rotatable bonds is 5. The monoisotopic (exact) mass is 423 g/mol. The summed E-state index contributed by atoms with van der Waals surface area (Å²) in [6.07, 6.45) is 1.66. The zero-order valence-electron chi connectivity index (χ0n) is 17.7. The molecule has 0 aromatic heterocycles. The summed E-state index contributed by atoms with van der Waals surface area (Å²) in [5, 5.41) is 4.95. The number of ether oxygens (including phenoxy) is 1. The molecule has 0 aliphatic carbocycles. The minimum Gasteiger partial charge on any atom is -0.378 e. The number of carbonyl (C=O) groups is 3. The summed E-state index contributed by atoms with van der Waals surface area (Å²) in [6, 6.07) is 13.5. The third-order valence-electron chi connectivity index (χ3n) is 6.16. The summed E-state index contributed by atoms with van der Waals surface area (Å²) in [6.45, 7) is 4.03. The number of morpholine rings is 1. The molecule has 4 rings (SSSR count). The summed E-state index contributed by atoms with van der Waals surface area (Å²) in [5.74, 6) is 0.0391. The van der Waals surface area contributed by atoms with Gasteiger partial charge >= 0.3 is 0 Å². The Labute approximate surface area is 182 Å². The summed E-state index contributed by atoms with van der Waals surface area (Å²) >= 11 is 0. The minimum atomic E-state index is -0.173. The molecule has 0 bridgehead atoms. The van der Waals surface area contributed by atoms with Crippen LogP contribution in [0.25, 0.3) is 10.8 Å². The number of nitrogens with one attached hydrogen (secondary N) is 1. The number of piperidine rings is 1. The highest BCUT2D eigenvalue weighted by molar-refractivity contribution is 5.98. The molecule has 0 spiro atoms. The Morgan fingerprint density at radius 1 is 0.903 bits per heavy atom. The Bertz CT molecular complexity index is 947. The first kappa shape index (κ1) is 21.3. The van der Waals surface area contributed by atoms with Gasteiger partial charge in [-0.05, 0) is 35.7 Å². The molecule has 2 aromatic carbocycles. The predicted molar refractivity (Wildman–Crippen MR) is 118 cm³/mol. The van der Waals surface area contributed by atoms with Gasteiger partial charge < -0.3 is 19.9 Å². The second kappa shape index (κ2) is 9.92. The number of hydrogen-bond acceptors (Lipinski definition) is 4. The van der Waals surface area contributed by atoms with E-state index in [-0.39, 0.29) is 30.1 Å². The van der Waals surface area contributed by atoms with E-state index < -0.39 is 0 Å². The molecule has 2 aliphatic rings. The number of carbonyl (C=O) groups excluding carboxylic acids is 3. The lowest BCUT2D eigenvalue weighted by atomic mass is 9.95. The second-order valence-corrected chi connectivity index (χ2v) is 8.16. The molecule has 1 N–H and O–H groups in total. The van der Waals surface area contributed by atoms with Crippen molar-refractivity contribution >= 4 is 28.5 Å². The molecular weight excluding hydrogens is 394 g/mol. The van der Waals surface area contributed by atoms with E-state index in [9.17, 15) is 14.4 Å². The standard InChI is InChI=1S/C24H29N3O4/c28-22(26-11-8-19(9-12-26)24(30)27-13-15-31-16-14-27)7-10-25-23(29)21-6-5-18-3-1-2-4-20(18)17-21/h1-6,17,19H,7-16H2,(H,25,29). The zero-order chi connectivity index (χ0) is 21.6. The average Bonchev–Trinajstić information content (AvgIpc) is 2.83. The van der Waals surface area contributed by atoms with Crippen LogP contribution in [0.3, 0.4) is 0 Å². The summed E-state index contributed by atoms with van der Waals surface area (Å²) in [7, 11) is 0. The van der Waals surface area contributed by atoms with Gasteiger partial charge in [0.1, 0.15) is 0 Å². The van der Waals surface area contributed by atoms with Gasteiger partial charge in [0, 0.05) is 50.6 Å². The van der Waals surface area contributed by atoms with Gasteiger partial charge in [-0.15, -0.1) is 0 Å². The van der Waals surface area contributed by atoms with E-state index in [1.807, 2.05) is 46.2 Å². The van der Waals surface area contributed by atoms with Crippen molar-refractivity contribution in [2.75, 3.05) is 45.9 Å². The van der Waals surface area contributed by atoms with Crippen LogP contribution in [0.4, 0.5) is 0 Å². The van der Waals surface area contributed by atoms with Crippen molar-refractivity contribution < 1.29 is 19.1 Å². The average molecular weight is 424 g/mol. The smallest absolute Gasteiger partial charge is 0.251 e. The predicted octanol–water partition coefficient (Wildman–Crippen LogP) is 2.06. The summed E-state index contributed by atoms with van der Waals surface area (Å²) in [5.41, 5.74) is 0.591. The van der Waals surface area contributed by atoms with Crippen molar-refractivity contribution in [3.05, 3.63) is 48.0 Å². The number of fused-ring (bicyclic) bond motifs is 1. The Morgan fingerprint density at radius 2 is 1.61 bits per heavy atom. The van der Waals surface area contributed by atoms with Crippen LogP contribution in [0, 0.1) is 5.92 Å². The first-order valence-corrected chi connectivity index (χ1v) is 11.0. The van der Waals surface area contributed by atoms with E-state index in [1.54, 1.807) is 6.07 Å². The van der Waals surface area contributed by atoms with Crippen LogP contribution in [-0.2, 0) is 14.3 Å². The van der Waals surface area contributed by atoms with E-state index >= 15 is 0 Å². The molecule has 2 aliphatic heterocycles. The van der Waals surface area contributed by atoms with Gasteiger partial charge in [-0.3, -0.25) is 14.4 Å². The van der Waals surface area contributed by atoms with Crippen LogP contribution < -0.4 is 5.32 Å². The van der Waals surface area contributed by atoms with Gasteiger partial charge in [-0.25, -0.2) is 0 Å². The quantitative estimate of drug-likeness (QED) is 0.799. The largest absolute Gasteiger partial charge is 0.378 e. The topological polar surface area (TPSA) is 79.0 Å². The maximum atomic E-state index is 12.6. The lowest BCUT2D eigenvalue weighted by molar-refractivity contribution is -0.143. The molecule has 2 fully saturated rings. The third-order valence-corrected chi connectivity index (χ3v) is 6.16. The van der Waals surface area contributed by atoms with E-state index in [0.717, 1.165) is 10.8 Å². The molecule has 0 atom stereocenters. The molecule has 31 heavy (non-hydrogen) atoms. The van der Waals surface area contributed by atoms with Crippen molar-refractivity contribution in [2.24, 2.45) is 5.92 Å². The fourth-order valence-corrected chi connectivity index (χ4v) is 4.29. The van der Waals surface area contributed by atoms with E-state index in [1.165, 1.54) is 0 Å². The maximum Gasteiger partial charge on any atom is 0.251 e. The summed E-state index contributed by atoms with van der Waals surface area (Å²) in [4.78, 5) is 41.3. The third kappa shape index (κ3) is 5.22. The van der Waals surface area contributed by atoms with Crippen LogP contribution in [0.1, 0.15) is 29.6 Å². The van der Waals surface area contributed by atoms with Gasteiger partial charge in [0.2, 0.25) is 11.8 Å². The number of amides is 3. The molecule has 2 heterocycles. The number of nitrogens with zero attached hydrogens (tertiary/aromatic N) is 2. The molecule has 7 heteroatoms. The highest BCUT2D eigenvalue weighted by atomic mass is 16.5. The zero-order valence-corrected chi connectivity index (χ0v) is 17.7. The van der Waals surface area contributed by atoms with Gasteiger partial charge in [-0.2, -0.15) is 0 Å². The first-order chi connectivity index (χ1) is 15.1. The first-order valence-electron chi connectivity index (χ1n) is 11.0. The van der Waals surface area contributed by atoms with Crippen LogP contribution in [-0.4, -0.2) is 73.5 Å². The number of likely N-dealkylation sites (tertiary alicyclic amines) is 1. The highest BCUT2D eigenvalue weighted by Gasteiger charge is 2.30. The van der Waals surface area contributed by atoms with Crippen molar-refractivity contribution in [3.8, 4) is 0 Å². The number of hydrogen-bond donors (Lipinski definition) is 1. The Kier molecular flexibility index (Phi) is 6.82. The van der Waals surface area contributed by atoms with Crippen molar-refractivity contribution in [1.82, 2.24) is 15.1 Å². The van der Waals surface area contributed by atoms with E-state index in [0.29, 0.717) is 64.3 Å². The summed E-state index contributed by atoms with van der Waals surface area (Å²) < 4.78 is 5.31. The molecule has 2 saturated heterocycles. The van der Waals surface area contributed by atoms with Crippen LogP contribution in [0.2, 0.25) is 0 Å². The molecule has 2 aromatic rings. The van der Waals surface area contributed by atoms with E-state index in [2.05, 4.69) is 5.32 Å². The number of benzene rings is 2. The molecular formula is C24H29N3O4. The molecule has 3 amide bonds. The Hall–Kier alpha value is -2.93. The normalized spacial score (nSPS) is 17.5. The molecule has 7 nitrogen and oxygen atoms in total. The molecule has 164 valence electrons. The highest BCUT2D eigenvalue weighted by Crippen LogP contribution is 2.21. The fraction of sp³-hybridized carbons (Fsp3) is 0.458. The van der Waals surface area contributed by atoms with Crippen molar-refractivity contribution in [2.45, 2.75) is 19.3 Å². The van der Waals surface area contributed by atoms with Gasteiger partial charge in [0.25, 0.3) is 5.91 Å². The lowest BCUT2D eigenvalue weighted by Crippen LogP contribution is -2.47. The lowest BCUT2D eigenvalue weighted by Gasteiger charge is -2.35. The molecule has 0 saturated carbocycles. The molecule has 0 unspecified atom stereocenters.